The lowest BCUT2D eigenvalue weighted by atomic mass is 9.85. The summed E-state index contributed by atoms with van der Waals surface area (Å²) in [7, 11) is 0. The summed E-state index contributed by atoms with van der Waals surface area (Å²) >= 11 is 0. The number of nitrogens with one attached hydrogen (secondary N) is 3. The normalized spacial score (nSPS) is 22.9. The van der Waals surface area contributed by atoms with Crippen LogP contribution in [-0.2, 0) is 14.4 Å². The highest BCUT2D eigenvalue weighted by atomic mass is 19.1. The molecule has 4 rings (SSSR count). The predicted molar refractivity (Wildman–Crippen MR) is 152 cm³/mol. The van der Waals surface area contributed by atoms with Crippen LogP contribution in [0.2, 0.25) is 0 Å². The number of benzene rings is 2. The second-order valence-corrected chi connectivity index (χ2v) is 12.0. The summed E-state index contributed by atoms with van der Waals surface area (Å²) < 4.78 is 14.2. The standard InChI is InChI=1S/C31H41FN4O4/c1-19(20-12-14-21(15-13-20)23-9-5-6-10-24(23)32)34-29(39)26-17-22(37)18-36(26)30(40)27(31(2,3)4)35-28(38)25-11-7-8-16-33-25/h5-6,9-10,12-15,19,22,25-27,33,37H,7-8,11,16-18H2,1-4H3,(H,34,39)(H,35,38)/t19-,22+,25-,26-,27+/m0/s1. The molecular weight excluding hydrogens is 511 g/mol. The van der Waals surface area contributed by atoms with Crippen molar-refractivity contribution in [1.82, 2.24) is 20.9 Å². The van der Waals surface area contributed by atoms with Gasteiger partial charge < -0.3 is 26.0 Å². The van der Waals surface area contributed by atoms with Crippen LogP contribution in [-0.4, -0.2) is 65.0 Å². The van der Waals surface area contributed by atoms with Gasteiger partial charge in [0.05, 0.1) is 18.2 Å². The molecule has 0 saturated carbocycles. The van der Waals surface area contributed by atoms with Crippen molar-refractivity contribution in [1.29, 1.82) is 0 Å². The molecule has 2 aliphatic heterocycles. The quantitative estimate of drug-likeness (QED) is 0.421. The van der Waals surface area contributed by atoms with Crippen LogP contribution in [0.4, 0.5) is 4.39 Å². The van der Waals surface area contributed by atoms with Crippen molar-refractivity contribution in [2.45, 2.75) is 83.6 Å². The third kappa shape index (κ3) is 6.88. The Hall–Kier alpha value is -3.30. The summed E-state index contributed by atoms with van der Waals surface area (Å²) in [5, 5.41) is 19.6. The highest BCUT2D eigenvalue weighted by Gasteiger charge is 2.45. The lowest BCUT2D eigenvalue weighted by Gasteiger charge is -2.36. The minimum absolute atomic E-state index is 0.0206. The maximum Gasteiger partial charge on any atom is 0.246 e. The van der Waals surface area contributed by atoms with Gasteiger partial charge in [0.1, 0.15) is 17.9 Å². The Kier molecular flexibility index (Phi) is 9.26. The van der Waals surface area contributed by atoms with Crippen LogP contribution in [0.25, 0.3) is 11.1 Å². The maximum absolute atomic E-state index is 14.2. The number of rotatable bonds is 7. The van der Waals surface area contributed by atoms with Gasteiger partial charge in [-0.05, 0) is 48.9 Å². The van der Waals surface area contributed by atoms with Crippen molar-refractivity contribution in [3.8, 4) is 11.1 Å². The maximum atomic E-state index is 14.2. The molecule has 2 heterocycles. The first-order chi connectivity index (χ1) is 19.0. The number of likely N-dealkylation sites (tertiary alicyclic amines) is 1. The second kappa shape index (κ2) is 12.5. The van der Waals surface area contributed by atoms with Gasteiger partial charge in [-0.25, -0.2) is 4.39 Å². The fourth-order valence-electron chi connectivity index (χ4n) is 5.48. The van der Waals surface area contributed by atoms with Crippen molar-refractivity contribution < 1.29 is 23.9 Å². The first kappa shape index (κ1) is 29.7. The summed E-state index contributed by atoms with van der Waals surface area (Å²) in [6, 6.07) is 11.4. The van der Waals surface area contributed by atoms with Crippen LogP contribution >= 0.6 is 0 Å². The molecule has 2 fully saturated rings. The van der Waals surface area contributed by atoms with E-state index >= 15 is 0 Å². The summed E-state index contributed by atoms with van der Waals surface area (Å²) in [6.45, 7) is 8.24. The number of halogens is 1. The molecule has 0 aliphatic carbocycles. The van der Waals surface area contributed by atoms with E-state index in [1.807, 2.05) is 52.0 Å². The van der Waals surface area contributed by atoms with Crippen molar-refractivity contribution in [2.24, 2.45) is 5.41 Å². The van der Waals surface area contributed by atoms with Crippen LogP contribution in [0.3, 0.4) is 0 Å². The lowest BCUT2D eigenvalue weighted by molar-refractivity contribution is -0.144. The largest absolute Gasteiger partial charge is 0.391 e. The fraction of sp³-hybridized carbons (Fsp3) is 0.516. The van der Waals surface area contributed by atoms with Gasteiger partial charge in [-0.1, -0.05) is 69.7 Å². The zero-order valence-electron chi connectivity index (χ0n) is 23.7. The van der Waals surface area contributed by atoms with Crippen LogP contribution in [0.1, 0.15) is 65.0 Å². The molecule has 2 aliphatic rings. The number of aliphatic hydroxyl groups excluding tert-OH is 1. The number of hydrogen-bond donors (Lipinski definition) is 4. The number of aliphatic hydroxyl groups is 1. The molecule has 2 saturated heterocycles. The summed E-state index contributed by atoms with van der Waals surface area (Å²) in [4.78, 5) is 41.6. The van der Waals surface area contributed by atoms with E-state index in [9.17, 15) is 23.9 Å². The molecule has 8 nitrogen and oxygen atoms in total. The Bertz CT molecular complexity index is 1210. The fourth-order valence-corrected chi connectivity index (χ4v) is 5.48. The van der Waals surface area contributed by atoms with Gasteiger partial charge in [0.15, 0.2) is 0 Å². The molecule has 0 radical (unpaired) electrons. The Balaban J connectivity index is 1.45. The van der Waals surface area contributed by atoms with Gasteiger partial charge in [-0.15, -0.1) is 0 Å². The molecule has 0 spiro atoms. The molecule has 5 atom stereocenters. The Morgan fingerprint density at radius 3 is 2.35 bits per heavy atom. The zero-order valence-corrected chi connectivity index (χ0v) is 23.7. The summed E-state index contributed by atoms with van der Waals surface area (Å²) in [5.74, 6) is -1.28. The van der Waals surface area contributed by atoms with Crippen LogP contribution in [0, 0.1) is 11.2 Å². The summed E-state index contributed by atoms with van der Waals surface area (Å²) in [6.07, 6.45) is 1.95. The Morgan fingerprint density at radius 2 is 1.73 bits per heavy atom. The van der Waals surface area contributed by atoms with Gasteiger partial charge in [-0.3, -0.25) is 14.4 Å². The molecule has 0 unspecified atom stereocenters. The average molecular weight is 553 g/mol. The minimum atomic E-state index is -0.864. The predicted octanol–water partition coefficient (Wildman–Crippen LogP) is 3.30. The van der Waals surface area contributed by atoms with E-state index in [4.69, 9.17) is 0 Å². The van der Waals surface area contributed by atoms with E-state index < -0.39 is 23.6 Å². The van der Waals surface area contributed by atoms with Gasteiger partial charge in [-0.2, -0.15) is 0 Å². The van der Waals surface area contributed by atoms with Gasteiger partial charge in [0.25, 0.3) is 0 Å². The van der Waals surface area contributed by atoms with Gasteiger partial charge in [0.2, 0.25) is 17.7 Å². The Labute approximate surface area is 235 Å². The topological polar surface area (TPSA) is 111 Å². The zero-order chi connectivity index (χ0) is 29.0. The third-order valence-corrected chi connectivity index (χ3v) is 7.85. The van der Waals surface area contributed by atoms with E-state index in [-0.39, 0.29) is 48.6 Å². The van der Waals surface area contributed by atoms with Crippen LogP contribution < -0.4 is 16.0 Å². The molecule has 216 valence electrons. The van der Waals surface area contributed by atoms with Crippen LogP contribution in [0.5, 0.6) is 0 Å². The molecule has 9 heteroatoms. The number of hydrogen-bond acceptors (Lipinski definition) is 5. The lowest BCUT2D eigenvalue weighted by Crippen LogP contribution is -2.60. The number of nitrogens with zero attached hydrogens (tertiary/aromatic N) is 1. The van der Waals surface area contributed by atoms with Crippen molar-refractivity contribution in [2.75, 3.05) is 13.1 Å². The molecule has 40 heavy (non-hydrogen) atoms. The highest BCUT2D eigenvalue weighted by Crippen LogP contribution is 2.28. The number of β-amino-alcohol motifs (C(OH)–C–C–N with tert-alkyl or cyclic N) is 1. The van der Waals surface area contributed by atoms with E-state index in [1.54, 1.807) is 18.2 Å². The first-order valence-electron chi connectivity index (χ1n) is 14.1. The van der Waals surface area contributed by atoms with Crippen molar-refractivity contribution in [3.63, 3.8) is 0 Å². The number of carbonyl (C=O) groups excluding carboxylic acids is 3. The molecule has 2 aromatic carbocycles. The average Bonchev–Trinajstić information content (AvgIpc) is 3.33. The first-order valence-corrected chi connectivity index (χ1v) is 14.1. The van der Waals surface area contributed by atoms with Gasteiger partial charge in [0, 0.05) is 18.5 Å². The number of carbonyl (C=O) groups is 3. The molecule has 4 N–H and O–H groups in total. The minimum Gasteiger partial charge on any atom is -0.391 e. The molecule has 0 aromatic heterocycles. The number of piperidine rings is 1. The summed E-state index contributed by atoms with van der Waals surface area (Å²) in [5.41, 5.74) is 1.45. The number of amides is 3. The SMILES string of the molecule is C[C@H](NC(=O)[C@@H]1C[C@@H](O)CN1C(=O)[C@@H](NC(=O)[C@@H]1CCCCN1)C(C)(C)C)c1ccc(-c2ccccc2F)cc1. The van der Waals surface area contributed by atoms with Crippen molar-refractivity contribution in [3.05, 3.63) is 59.9 Å². The Morgan fingerprint density at radius 1 is 1.02 bits per heavy atom. The molecule has 3 amide bonds. The molecule has 0 bridgehead atoms. The third-order valence-electron chi connectivity index (χ3n) is 7.85. The van der Waals surface area contributed by atoms with E-state index in [2.05, 4.69) is 16.0 Å². The van der Waals surface area contributed by atoms with Crippen LogP contribution in [0.15, 0.2) is 48.5 Å². The smallest absolute Gasteiger partial charge is 0.246 e. The van der Waals surface area contributed by atoms with Crippen molar-refractivity contribution >= 4 is 17.7 Å². The molecular formula is C31H41FN4O4. The van der Waals surface area contributed by atoms with E-state index in [0.29, 0.717) is 12.0 Å². The highest BCUT2D eigenvalue weighted by molar-refractivity contribution is 5.94. The molecule has 2 aromatic rings. The van der Waals surface area contributed by atoms with E-state index in [1.165, 1.54) is 11.0 Å². The van der Waals surface area contributed by atoms with Gasteiger partial charge >= 0.3 is 0 Å². The van der Waals surface area contributed by atoms with E-state index in [0.717, 1.165) is 30.5 Å². The monoisotopic (exact) mass is 552 g/mol. The second-order valence-electron chi connectivity index (χ2n) is 12.0.